The average Bonchev–Trinajstić information content (AvgIpc) is 2.47. The standard InChI is InChI=1S/C15H19F2NO4S/c16-15(17)9-5-4-8-12(15)10-23(21,22)18-13(14(19)20)11-6-2-1-3-7-11/h1-3,6-7,12-13,18H,4-5,8-10H2,(H,19,20)/t12?,13-/m0/s1. The van der Waals surface area contributed by atoms with Gasteiger partial charge in [0.15, 0.2) is 0 Å². The van der Waals surface area contributed by atoms with Crippen LogP contribution in [-0.2, 0) is 14.8 Å². The fraction of sp³-hybridized carbons (Fsp3) is 0.533. The van der Waals surface area contributed by atoms with Gasteiger partial charge < -0.3 is 5.11 Å². The van der Waals surface area contributed by atoms with E-state index < -0.39 is 39.6 Å². The predicted molar refractivity (Wildman–Crippen MR) is 80.6 cm³/mol. The molecule has 1 aliphatic rings. The SMILES string of the molecule is O=C(O)[C@@H](NS(=O)(=O)CC1CCCCC1(F)F)c1ccccc1. The van der Waals surface area contributed by atoms with Crippen LogP contribution in [-0.4, -0.2) is 31.2 Å². The molecule has 128 valence electrons. The molecule has 5 nitrogen and oxygen atoms in total. The zero-order chi connectivity index (χ0) is 17.1. The molecule has 0 aliphatic heterocycles. The molecule has 1 aliphatic carbocycles. The lowest BCUT2D eigenvalue weighted by molar-refractivity contribution is -0.139. The van der Waals surface area contributed by atoms with Crippen molar-refractivity contribution in [2.24, 2.45) is 5.92 Å². The Bertz CT molecular complexity index is 649. The first-order valence-corrected chi connectivity index (χ1v) is 9.02. The van der Waals surface area contributed by atoms with Gasteiger partial charge in [0.05, 0.1) is 5.75 Å². The minimum Gasteiger partial charge on any atom is -0.480 e. The largest absolute Gasteiger partial charge is 0.480 e. The summed E-state index contributed by atoms with van der Waals surface area (Å²) in [5.74, 6) is -6.45. The summed E-state index contributed by atoms with van der Waals surface area (Å²) in [4.78, 5) is 11.3. The van der Waals surface area contributed by atoms with Crippen LogP contribution in [0.2, 0.25) is 0 Å². The van der Waals surface area contributed by atoms with Crippen LogP contribution in [0.1, 0.15) is 37.3 Å². The molecule has 0 heterocycles. The van der Waals surface area contributed by atoms with Crippen molar-refractivity contribution in [3.8, 4) is 0 Å². The van der Waals surface area contributed by atoms with Gasteiger partial charge in [-0.2, -0.15) is 4.72 Å². The fourth-order valence-corrected chi connectivity index (χ4v) is 4.40. The van der Waals surface area contributed by atoms with Crippen LogP contribution in [0, 0.1) is 5.92 Å². The zero-order valence-electron chi connectivity index (χ0n) is 12.4. The van der Waals surface area contributed by atoms with Crippen molar-refractivity contribution in [3.63, 3.8) is 0 Å². The average molecular weight is 347 g/mol. The third-order valence-electron chi connectivity index (χ3n) is 4.01. The predicted octanol–water partition coefficient (Wildman–Crippen LogP) is 2.56. The number of aliphatic carboxylic acids is 1. The number of halogens is 2. The summed E-state index contributed by atoms with van der Waals surface area (Å²) < 4.78 is 54.0. The molecule has 1 aromatic carbocycles. The Morgan fingerprint density at radius 1 is 1.30 bits per heavy atom. The first-order valence-electron chi connectivity index (χ1n) is 7.37. The highest BCUT2D eigenvalue weighted by molar-refractivity contribution is 7.89. The Kier molecular flexibility index (Phi) is 5.36. The van der Waals surface area contributed by atoms with Crippen molar-refractivity contribution < 1.29 is 27.1 Å². The summed E-state index contributed by atoms with van der Waals surface area (Å²) in [7, 11) is -4.16. The van der Waals surface area contributed by atoms with E-state index in [0.29, 0.717) is 12.8 Å². The molecule has 2 N–H and O–H groups in total. The molecule has 2 rings (SSSR count). The Balaban J connectivity index is 2.14. The van der Waals surface area contributed by atoms with Crippen LogP contribution in [0.4, 0.5) is 8.78 Å². The fourth-order valence-electron chi connectivity index (χ4n) is 2.77. The molecule has 1 saturated carbocycles. The van der Waals surface area contributed by atoms with Gasteiger partial charge in [0, 0.05) is 12.3 Å². The monoisotopic (exact) mass is 347 g/mol. The Morgan fingerprint density at radius 2 is 1.96 bits per heavy atom. The van der Waals surface area contributed by atoms with E-state index in [4.69, 9.17) is 0 Å². The molecule has 0 radical (unpaired) electrons. The first-order chi connectivity index (χ1) is 10.7. The van der Waals surface area contributed by atoms with Crippen LogP contribution < -0.4 is 4.72 Å². The molecular weight excluding hydrogens is 328 g/mol. The van der Waals surface area contributed by atoms with E-state index in [0.717, 1.165) is 0 Å². The van der Waals surface area contributed by atoms with E-state index in [1.165, 1.54) is 12.1 Å². The van der Waals surface area contributed by atoms with Gasteiger partial charge in [-0.05, 0) is 18.4 Å². The summed E-state index contributed by atoms with van der Waals surface area (Å²) in [5.41, 5.74) is 0.249. The third-order valence-corrected chi connectivity index (χ3v) is 5.44. The molecule has 0 spiro atoms. The first kappa shape index (κ1) is 17.8. The highest BCUT2D eigenvalue weighted by Gasteiger charge is 2.44. The minimum absolute atomic E-state index is 0.122. The van der Waals surface area contributed by atoms with Crippen LogP contribution >= 0.6 is 0 Å². The number of alkyl halides is 2. The number of hydrogen-bond acceptors (Lipinski definition) is 3. The lowest BCUT2D eigenvalue weighted by Crippen LogP contribution is -2.42. The van der Waals surface area contributed by atoms with Gasteiger partial charge in [-0.1, -0.05) is 36.8 Å². The summed E-state index contributed by atoms with van der Waals surface area (Å²) in [5, 5.41) is 9.22. The van der Waals surface area contributed by atoms with Crippen molar-refractivity contribution in [3.05, 3.63) is 35.9 Å². The van der Waals surface area contributed by atoms with E-state index >= 15 is 0 Å². The van der Waals surface area contributed by atoms with Crippen molar-refractivity contribution in [2.45, 2.75) is 37.6 Å². The van der Waals surface area contributed by atoms with Crippen LogP contribution in [0.25, 0.3) is 0 Å². The molecule has 0 amide bonds. The van der Waals surface area contributed by atoms with Crippen LogP contribution in [0.3, 0.4) is 0 Å². The van der Waals surface area contributed by atoms with E-state index in [2.05, 4.69) is 0 Å². The van der Waals surface area contributed by atoms with Gasteiger partial charge in [-0.25, -0.2) is 17.2 Å². The van der Waals surface area contributed by atoms with Gasteiger partial charge in [0.25, 0.3) is 5.92 Å². The molecule has 1 fully saturated rings. The quantitative estimate of drug-likeness (QED) is 0.828. The summed E-state index contributed by atoms with van der Waals surface area (Å²) in [6.45, 7) is 0. The normalized spacial score (nSPS) is 22.4. The maximum Gasteiger partial charge on any atom is 0.326 e. The second-order valence-corrected chi connectivity index (χ2v) is 7.58. The Morgan fingerprint density at radius 3 is 2.52 bits per heavy atom. The summed E-state index contributed by atoms with van der Waals surface area (Å²) in [6.07, 6.45) is 0.723. The van der Waals surface area contributed by atoms with Crippen LogP contribution in [0.5, 0.6) is 0 Å². The lowest BCUT2D eigenvalue weighted by Gasteiger charge is -2.31. The van der Waals surface area contributed by atoms with Gasteiger partial charge in [0.2, 0.25) is 10.0 Å². The topological polar surface area (TPSA) is 83.5 Å². The second-order valence-electron chi connectivity index (χ2n) is 5.78. The highest BCUT2D eigenvalue weighted by atomic mass is 32.2. The minimum atomic E-state index is -4.16. The number of rotatable bonds is 6. The molecule has 1 unspecified atom stereocenters. The van der Waals surface area contributed by atoms with Crippen molar-refractivity contribution in [1.82, 2.24) is 4.72 Å². The molecule has 0 saturated heterocycles. The Labute approximate surface area is 133 Å². The van der Waals surface area contributed by atoms with E-state index in [-0.39, 0.29) is 18.4 Å². The maximum absolute atomic E-state index is 13.8. The molecular formula is C15H19F2NO4S. The van der Waals surface area contributed by atoms with Gasteiger partial charge in [-0.3, -0.25) is 4.79 Å². The van der Waals surface area contributed by atoms with Crippen molar-refractivity contribution >= 4 is 16.0 Å². The molecule has 8 heteroatoms. The lowest BCUT2D eigenvalue weighted by atomic mass is 9.87. The smallest absolute Gasteiger partial charge is 0.326 e. The molecule has 23 heavy (non-hydrogen) atoms. The number of sulfonamides is 1. The second kappa shape index (κ2) is 6.92. The van der Waals surface area contributed by atoms with E-state index in [1.807, 2.05) is 4.72 Å². The van der Waals surface area contributed by atoms with Gasteiger partial charge >= 0.3 is 5.97 Å². The van der Waals surface area contributed by atoms with Crippen molar-refractivity contribution in [2.75, 3.05) is 5.75 Å². The third kappa shape index (κ3) is 4.71. The van der Waals surface area contributed by atoms with E-state index in [9.17, 15) is 27.1 Å². The number of hydrogen-bond donors (Lipinski definition) is 2. The zero-order valence-corrected chi connectivity index (χ0v) is 13.2. The highest BCUT2D eigenvalue weighted by Crippen LogP contribution is 2.39. The van der Waals surface area contributed by atoms with Gasteiger partial charge in [0.1, 0.15) is 6.04 Å². The number of carbonyl (C=O) groups is 1. The number of nitrogens with one attached hydrogen (secondary N) is 1. The molecule has 0 aromatic heterocycles. The molecule has 1 aromatic rings. The molecule has 2 atom stereocenters. The Hall–Kier alpha value is -1.54. The number of carboxylic acid groups (broad SMARTS) is 1. The summed E-state index contributed by atoms with van der Waals surface area (Å²) >= 11 is 0. The number of benzene rings is 1. The maximum atomic E-state index is 13.8. The molecule has 0 bridgehead atoms. The van der Waals surface area contributed by atoms with Crippen LogP contribution in [0.15, 0.2) is 30.3 Å². The van der Waals surface area contributed by atoms with E-state index in [1.54, 1.807) is 18.2 Å². The van der Waals surface area contributed by atoms with Gasteiger partial charge in [-0.15, -0.1) is 0 Å². The number of carboxylic acids is 1. The van der Waals surface area contributed by atoms with Crippen molar-refractivity contribution in [1.29, 1.82) is 0 Å². The summed E-state index contributed by atoms with van der Waals surface area (Å²) in [6, 6.07) is 6.27.